The van der Waals surface area contributed by atoms with Crippen LogP contribution in [-0.2, 0) is 0 Å². The van der Waals surface area contributed by atoms with Crippen LogP contribution >= 0.6 is 27.5 Å². The van der Waals surface area contributed by atoms with Gasteiger partial charge in [0.15, 0.2) is 17.5 Å². The molecule has 0 aromatic heterocycles. The zero-order chi connectivity index (χ0) is 18.4. The molecule has 2 rings (SSSR count). The van der Waals surface area contributed by atoms with Gasteiger partial charge in [-0.25, -0.2) is 18.0 Å². The largest absolute Gasteiger partial charge is 0.492 e. The smallest absolute Gasteiger partial charge is 0.319 e. The summed E-state index contributed by atoms with van der Waals surface area (Å²) in [6.45, 7) is 0.520. The molecule has 0 bridgehead atoms. The Morgan fingerprint density at radius 2 is 1.92 bits per heavy atom. The molecule has 2 N–H and O–H groups in total. The lowest BCUT2D eigenvalue weighted by atomic mass is 10.3. The van der Waals surface area contributed by atoms with E-state index in [1.54, 1.807) is 18.2 Å². The number of carbonyl (C=O) groups excluding carboxylic acids is 1. The Morgan fingerprint density at radius 1 is 1.16 bits per heavy atom. The summed E-state index contributed by atoms with van der Waals surface area (Å²) in [5, 5.41) is 5.01. The molecule has 2 aromatic rings. The molecule has 9 heteroatoms. The third kappa shape index (κ3) is 5.54. The number of urea groups is 1. The summed E-state index contributed by atoms with van der Waals surface area (Å²) in [6, 6.07) is 6.10. The van der Waals surface area contributed by atoms with Gasteiger partial charge in [0.25, 0.3) is 0 Å². The number of benzene rings is 2. The van der Waals surface area contributed by atoms with Crippen molar-refractivity contribution >= 4 is 39.2 Å². The molecule has 0 spiro atoms. The van der Waals surface area contributed by atoms with Crippen LogP contribution in [0.25, 0.3) is 0 Å². The van der Waals surface area contributed by atoms with E-state index >= 15 is 0 Å². The summed E-state index contributed by atoms with van der Waals surface area (Å²) in [4.78, 5) is 11.6. The molecule has 25 heavy (non-hydrogen) atoms. The number of carbonyl (C=O) groups is 1. The predicted octanol–water partition coefficient (Wildman–Crippen LogP) is 5.11. The Bertz CT molecular complexity index is 777. The molecule has 0 aliphatic carbocycles. The van der Waals surface area contributed by atoms with Gasteiger partial charge >= 0.3 is 6.03 Å². The summed E-state index contributed by atoms with van der Waals surface area (Å²) in [5.74, 6) is -3.91. The van der Waals surface area contributed by atoms with Gasteiger partial charge in [0.1, 0.15) is 5.75 Å². The molecule has 0 radical (unpaired) electrons. The van der Waals surface area contributed by atoms with Gasteiger partial charge in [0, 0.05) is 11.0 Å². The molecule has 0 atom stereocenters. The monoisotopic (exact) mass is 436 g/mol. The first-order chi connectivity index (χ1) is 11.9. The fraction of sp³-hybridized carbons (Fsp3) is 0.188. The van der Waals surface area contributed by atoms with Crippen LogP contribution in [-0.4, -0.2) is 19.2 Å². The lowest BCUT2D eigenvalue weighted by molar-refractivity contribution is 0.250. The van der Waals surface area contributed by atoms with Crippen molar-refractivity contribution in [3.05, 3.63) is 57.3 Å². The number of amides is 2. The predicted molar refractivity (Wildman–Crippen MR) is 92.6 cm³/mol. The summed E-state index contributed by atoms with van der Waals surface area (Å²) >= 11 is 9.27. The van der Waals surface area contributed by atoms with E-state index in [1.165, 1.54) is 0 Å². The number of ether oxygens (including phenoxy) is 1. The van der Waals surface area contributed by atoms with Gasteiger partial charge in [0.2, 0.25) is 0 Å². The van der Waals surface area contributed by atoms with Gasteiger partial charge in [-0.05, 0) is 36.8 Å². The van der Waals surface area contributed by atoms with Crippen molar-refractivity contribution in [3.63, 3.8) is 0 Å². The molecule has 2 amide bonds. The van der Waals surface area contributed by atoms with Crippen molar-refractivity contribution in [2.24, 2.45) is 0 Å². The molecular weight excluding hydrogens is 425 g/mol. The highest BCUT2D eigenvalue weighted by Crippen LogP contribution is 2.27. The maximum absolute atomic E-state index is 13.4. The summed E-state index contributed by atoms with van der Waals surface area (Å²) < 4.78 is 45.6. The van der Waals surface area contributed by atoms with E-state index in [0.717, 1.165) is 16.6 Å². The SMILES string of the molecule is O=C(NCCCOc1ccc(Br)cc1Cl)Nc1ccc(F)c(F)c1F. The maximum atomic E-state index is 13.4. The zero-order valence-electron chi connectivity index (χ0n) is 12.7. The average Bonchev–Trinajstić information content (AvgIpc) is 2.57. The van der Waals surface area contributed by atoms with Gasteiger partial charge in [-0.1, -0.05) is 27.5 Å². The number of hydrogen-bond acceptors (Lipinski definition) is 2. The van der Waals surface area contributed by atoms with Crippen molar-refractivity contribution in [1.29, 1.82) is 0 Å². The van der Waals surface area contributed by atoms with Crippen LogP contribution in [0.2, 0.25) is 5.02 Å². The molecule has 0 aliphatic heterocycles. The van der Waals surface area contributed by atoms with Gasteiger partial charge in [-0.15, -0.1) is 0 Å². The quantitative estimate of drug-likeness (QED) is 0.487. The number of hydrogen-bond donors (Lipinski definition) is 2. The molecular formula is C16H13BrClF3N2O2. The van der Waals surface area contributed by atoms with E-state index in [4.69, 9.17) is 16.3 Å². The van der Waals surface area contributed by atoms with Crippen molar-refractivity contribution in [3.8, 4) is 5.75 Å². The van der Waals surface area contributed by atoms with Crippen molar-refractivity contribution < 1.29 is 22.7 Å². The molecule has 0 saturated heterocycles. The number of anilines is 1. The third-order valence-electron chi connectivity index (χ3n) is 3.04. The summed E-state index contributed by atoms with van der Waals surface area (Å²) in [5.41, 5.74) is -0.450. The highest BCUT2D eigenvalue weighted by Gasteiger charge is 2.14. The Balaban J connectivity index is 1.73. The van der Waals surface area contributed by atoms with Gasteiger partial charge in [-0.2, -0.15) is 0 Å². The minimum Gasteiger partial charge on any atom is -0.492 e. The van der Waals surface area contributed by atoms with Crippen LogP contribution in [0.15, 0.2) is 34.8 Å². The molecule has 134 valence electrons. The summed E-state index contributed by atoms with van der Waals surface area (Å²) in [7, 11) is 0. The second-order valence-electron chi connectivity index (χ2n) is 4.88. The molecule has 0 heterocycles. The van der Waals surface area contributed by atoms with E-state index in [0.29, 0.717) is 23.8 Å². The number of halogens is 5. The van der Waals surface area contributed by atoms with Crippen molar-refractivity contribution in [2.75, 3.05) is 18.5 Å². The first kappa shape index (κ1) is 19.4. The van der Waals surface area contributed by atoms with E-state index < -0.39 is 29.2 Å². The first-order valence-electron chi connectivity index (χ1n) is 7.14. The highest BCUT2D eigenvalue weighted by atomic mass is 79.9. The van der Waals surface area contributed by atoms with E-state index in [-0.39, 0.29) is 6.54 Å². The van der Waals surface area contributed by atoms with E-state index in [2.05, 4.69) is 26.6 Å². The standard InChI is InChI=1S/C16H13BrClF3N2O2/c17-9-2-5-13(10(18)8-9)25-7-1-6-22-16(24)23-12-4-3-11(19)14(20)15(12)21/h2-5,8H,1,6-7H2,(H2,22,23,24). The van der Waals surface area contributed by atoms with E-state index in [9.17, 15) is 18.0 Å². The molecule has 0 fully saturated rings. The lowest BCUT2D eigenvalue weighted by Gasteiger charge is -2.10. The topological polar surface area (TPSA) is 50.4 Å². The fourth-order valence-corrected chi connectivity index (χ4v) is 2.57. The summed E-state index contributed by atoms with van der Waals surface area (Å²) in [6.07, 6.45) is 0.458. The van der Waals surface area contributed by atoms with Crippen molar-refractivity contribution in [1.82, 2.24) is 5.32 Å². The highest BCUT2D eigenvalue weighted by molar-refractivity contribution is 9.10. The molecule has 2 aromatic carbocycles. The lowest BCUT2D eigenvalue weighted by Crippen LogP contribution is -2.30. The minimum absolute atomic E-state index is 0.227. The zero-order valence-corrected chi connectivity index (χ0v) is 15.1. The Kier molecular flexibility index (Phi) is 6.95. The van der Waals surface area contributed by atoms with Crippen LogP contribution < -0.4 is 15.4 Å². The molecule has 0 unspecified atom stereocenters. The Morgan fingerprint density at radius 3 is 2.64 bits per heavy atom. The van der Waals surface area contributed by atoms with Crippen LogP contribution in [0.4, 0.5) is 23.7 Å². The Labute approximate surface area is 155 Å². The normalized spacial score (nSPS) is 10.4. The first-order valence-corrected chi connectivity index (χ1v) is 8.32. The fourth-order valence-electron chi connectivity index (χ4n) is 1.84. The van der Waals surface area contributed by atoms with E-state index in [1.807, 2.05) is 0 Å². The second-order valence-corrected chi connectivity index (χ2v) is 6.20. The maximum Gasteiger partial charge on any atom is 0.319 e. The van der Waals surface area contributed by atoms with Crippen LogP contribution in [0.3, 0.4) is 0 Å². The van der Waals surface area contributed by atoms with Crippen molar-refractivity contribution in [2.45, 2.75) is 6.42 Å². The van der Waals surface area contributed by atoms with Crippen LogP contribution in [0, 0.1) is 17.5 Å². The molecule has 0 aliphatic rings. The second kappa shape index (κ2) is 8.96. The Hall–Kier alpha value is -1.93. The van der Waals surface area contributed by atoms with Gasteiger partial charge in [0.05, 0.1) is 17.3 Å². The van der Waals surface area contributed by atoms with Gasteiger partial charge < -0.3 is 15.4 Å². The number of rotatable bonds is 6. The molecule has 4 nitrogen and oxygen atoms in total. The third-order valence-corrected chi connectivity index (χ3v) is 3.83. The average molecular weight is 438 g/mol. The van der Waals surface area contributed by atoms with Gasteiger partial charge in [-0.3, -0.25) is 0 Å². The number of nitrogens with one attached hydrogen (secondary N) is 2. The minimum atomic E-state index is -1.64. The molecule has 0 saturated carbocycles. The van der Waals surface area contributed by atoms with Crippen LogP contribution in [0.1, 0.15) is 6.42 Å². The van der Waals surface area contributed by atoms with Crippen LogP contribution in [0.5, 0.6) is 5.75 Å².